The summed E-state index contributed by atoms with van der Waals surface area (Å²) in [6.45, 7) is 2.24. The van der Waals surface area contributed by atoms with Gasteiger partial charge in [0.15, 0.2) is 0 Å². The second-order valence-electron chi connectivity index (χ2n) is 7.37. The summed E-state index contributed by atoms with van der Waals surface area (Å²) in [5.74, 6) is -0.0350. The highest BCUT2D eigenvalue weighted by atomic mass is 16.2. The minimum absolute atomic E-state index is 0.0350. The number of aryl methyl sites for hydroxylation is 2. The molecule has 3 N–H and O–H groups in total. The first-order valence-electron chi connectivity index (χ1n) is 9.65. The zero-order valence-corrected chi connectivity index (χ0v) is 15.3. The Kier molecular flexibility index (Phi) is 4.68. The first kappa shape index (κ1) is 17.1. The van der Waals surface area contributed by atoms with Crippen molar-refractivity contribution < 1.29 is 9.90 Å². The van der Waals surface area contributed by atoms with Crippen LogP contribution in [0.1, 0.15) is 59.3 Å². The van der Waals surface area contributed by atoms with Crippen molar-refractivity contribution >= 4 is 23.2 Å². The van der Waals surface area contributed by atoms with Crippen LogP contribution in [0.25, 0.3) is 11.6 Å². The number of nitrogens with one attached hydrogen (secondary N) is 2. The number of aromatic nitrogens is 1. The second-order valence-corrected chi connectivity index (χ2v) is 7.37. The van der Waals surface area contributed by atoms with Gasteiger partial charge in [0, 0.05) is 29.2 Å². The van der Waals surface area contributed by atoms with E-state index in [-0.39, 0.29) is 12.5 Å². The molecule has 1 amide bonds. The number of aromatic amines is 1. The van der Waals surface area contributed by atoms with Crippen LogP contribution in [0.5, 0.6) is 0 Å². The fourth-order valence-corrected chi connectivity index (χ4v) is 4.33. The molecule has 1 aliphatic carbocycles. The van der Waals surface area contributed by atoms with Crippen molar-refractivity contribution in [2.24, 2.45) is 0 Å². The van der Waals surface area contributed by atoms with E-state index in [4.69, 9.17) is 0 Å². The fourth-order valence-electron chi connectivity index (χ4n) is 4.33. The van der Waals surface area contributed by atoms with E-state index < -0.39 is 0 Å². The Morgan fingerprint density at radius 2 is 2.04 bits per heavy atom. The molecule has 136 valence electrons. The average molecular weight is 350 g/mol. The molecule has 0 atom stereocenters. The molecule has 0 spiro atoms. The maximum absolute atomic E-state index is 12.6. The van der Waals surface area contributed by atoms with Crippen molar-refractivity contribution in [2.45, 2.75) is 51.9 Å². The smallest absolute Gasteiger partial charge is 0.256 e. The van der Waals surface area contributed by atoms with Crippen molar-refractivity contribution in [2.75, 3.05) is 11.9 Å². The number of rotatable bonds is 4. The lowest BCUT2D eigenvalue weighted by atomic mass is 9.97. The molecule has 0 saturated carbocycles. The number of H-pyrrole nitrogens is 1. The average Bonchev–Trinajstić information content (AvgIpc) is 3.01. The lowest BCUT2D eigenvalue weighted by Crippen LogP contribution is -2.04. The molecule has 0 radical (unpaired) electrons. The van der Waals surface area contributed by atoms with Crippen molar-refractivity contribution in [1.82, 2.24) is 4.98 Å². The quantitative estimate of drug-likeness (QED) is 0.576. The molecule has 0 unspecified atom stereocenters. The summed E-state index contributed by atoms with van der Waals surface area (Å²) in [5, 5.41) is 12.3. The highest BCUT2D eigenvalue weighted by Crippen LogP contribution is 2.37. The van der Waals surface area contributed by atoms with Crippen LogP contribution in [0.2, 0.25) is 0 Å². The zero-order chi connectivity index (χ0) is 18.1. The van der Waals surface area contributed by atoms with Crippen molar-refractivity contribution in [3.8, 4) is 0 Å². The van der Waals surface area contributed by atoms with Gasteiger partial charge in [0.25, 0.3) is 5.91 Å². The van der Waals surface area contributed by atoms with Gasteiger partial charge < -0.3 is 15.4 Å². The van der Waals surface area contributed by atoms with Gasteiger partial charge in [0.05, 0.1) is 5.57 Å². The van der Waals surface area contributed by atoms with E-state index in [2.05, 4.69) is 10.3 Å². The van der Waals surface area contributed by atoms with Crippen LogP contribution in [0.4, 0.5) is 5.69 Å². The lowest BCUT2D eigenvalue weighted by molar-refractivity contribution is -0.110. The molecule has 0 bridgehead atoms. The number of carbonyl (C=O) groups excluding carboxylic acids is 1. The summed E-state index contributed by atoms with van der Waals surface area (Å²) in [6.07, 6.45) is 9.50. The molecule has 1 aromatic carbocycles. The Balaban J connectivity index is 1.81. The van der Waals surface area contributed by atoms with Crippen LogP contribution in [-0.4, -0.2) is 22.6 Å². The van der Waals surface area contributed by atoms with Gasteiger partial charge in [-0.1, -0.05) is 18.6 Å². The second kappa shape index (κ2) is 7.12. The van der Waals surface area contributed by atoms with E-state index in [9.17, 15) is 9.90 Å². The van der Waals surface area contributed by atoms with Crippen LogP contribution in [-0.2, 0) is 24.1 Å². The first-order valence-corrected chi connectivity index (χ1v) is 9.65. The molecule has 1 aromatic heterocycles. The molecule has 0 fully saturated rings. The minimum atomic E-state index is -0.0350. The molecule has 4 nitrogen and oxygen atoms in total. The van der Waals surface area contributed by atoms with Gasteiger partial charge in [-0.25, -0.2) is 0 Å². The van der Waals surface area contributed by atoms with Crippen molar-refractivity contribution in [1.29, 1.82) is 0 Å². The SMILES string of the molecule is Cc1cccc2c1C(=Cc1[nH]c3c(c1CCCO)CCCCC3)C(=O)N2. The number of hydrogen-bond donors (Lipinski definition) is 3. The number of aliphatic hydroxyl groups is 1. The maximum Gasteiger partial charge on any atom is 0.256 e. The lowest BCUT2D eigenvalue weighted by Gasteiger charge is -2.06. The molecule has 4 rings (SSSR count). The highest BCUT2D eigenvalue weighted by molar-refractivity contribution is 6.35. The Hall–Kier alpha value is -2.33. The molecule has 2 aromatic rings. The van der Waals surface area contributed by atoms with Crippen molar-refractivity contribution in [3.63, 3.8) is 0 Å². The number of anilines is 1. The third kappa shape index (κ3) is 2.99. The number of fused-ring (bicyclic) bond motifs is 2. The number of aliphatic hydroxyl groups excluding tert-OH is 1. The van der Waals surface area contributed by atoms with Crippen LogP contribution < -0.4 is 5.32 Å². The Bertz CT molecular complexity index is 877. The summed E-state index contributed by atoms with van der Waals surface area (Å²) in [5.41, 5.74) is 8.83. The maximum atomic E-state index is 12.6. The van der Waals surface area contributed by atoms with Crippen LogP contribution in [0.3, 0.4) is 0 Å². The highest BCUT2D eigenvalue weighted by Gasteiger charge is 2.27. The van der Waals surface area contributed by atoms with E-state index in [1.165, 1.54) is 36.1 Å². The Morgan fingerprint density at radius 1 is 1.19 bits per heavy atom. The Morgan fingerprint density at radius 3 is 2.88 bits per heavy atom. The van der Waals surface area contributed by atoms with E-state index in [0.29, 0.717) is 0 Å². The summed E-state index contributed by atoms with van der Waals surface area (Å²) in [6, 6.07) is 5.97. The summed E-state index contributed by atoms with van der Waals surface area (Å²) < 4.78 is 0. The van der Waals surface area contributed by atoms with E-state index >= 15 is 0 Å². The standard InChI is InChI=1S/C22H26N2O2/c1-14-7-5-11-19-21(14)17(22(26)24-19)13-20-16(9-6-12-25)15-8-3-2-4-10-18(15)23-20/h5,7,11,13,23,25H,2-4,6,8-10,12H2,1H3,(H,24,26). The molecule has 4 heteroatoms. The van der Waals surface area contributed by atoms with Gasteiger partial charge in [-0.2, -0.15) is 0 Å². The van der Waals surface area contributed by atoms with Crippen LogP contribution in [0, 0.1) is 6.92 Å². The van der Waals surface area contributed by atoms with E-state index in [1.807, 2.05) is 31.2 Å². The van der Waals surface area contributed by atoms with E-state index in [0.717, 1.165) is 53.8 Å². The predicted octanol–water partition coefficient (Wildman–Crippen LogP) is 4.01. The Labute approximate surface area is 154 Å². The zero-order valence-electron chi connectivity index (χ0n) is 15.3. The molecule has 1 aliphatic heterocycles. The first-order chi connectivity index (χ1) is 12.7. The minimum Gasteiger partial charge on any atom is -0.396 e. The topological polar surface area (TPSA) is 65.1 Å². The number of amides is 1. The van der Waals surface area contributed by atoms with Crippen LogP contribution in [0.15, 0.2) is 18.2 Å². The van der Waals surface area contributed by atoms with Gasteiger partial charge in [-0.15, -0.1) is 0 Å². The molecule has 26 heavy (non-hydrogen) atoms. The van der Waals surface area contributed by atoms with Gasteiger partial charge in [0.1, 0.15) is 0 Å². The number of benzene rings is 1. The molecular formula is C22H26N2O2. The fraction of sp³-hybridized carbons (Fsp3) is 0.409. The van der Waals surface area contributed by atoms with E-state index in [1.54, 1.807) is 0 Å². The summed E-state index contributed by atoms with van der Waals surface area (Å²) in [7, 11) is 0. The van der Waals surface area contributed by atoms with Gasteiger partial charge in [-0.3, -0.25) is 4.79 Å². The van der Waals surface area contributed by atoms with Gasteiger partial charge in [-0.05, 0) is 74.3 Å². The van der Waals surface area contributed by atoms with Crippen LogP contribution >= 0.6 is 0 Å². The molecule has 2 heterocycles. The normalized spacial score (nSPS) is 17.8. The van der Waals surface area contributed by atoms with Crippen molar-refractivity contribution in [3.05, 3.63) is 51.8 Å². The largest absolute Gasteiger partial charge is 0.396 e. The third-order valence-corrected chi connectivity index (χ3v) is 5.60. The number of carbonyl (C=O) groups is 1. The third-order valence-electron chi connectivity index (χ3n) is 5.60. The number of hydrogen-bond acceptors (Lipinski definition) is 2. The van der Waals surface area contributed by atoms with Gasteiger partial charge >= 0.3 is 0 Å². The molecule has 2 aliphatic rings. The monoisotopic (exact) mass is 350 g/mol. The molecule has 0 saturated heterocycles. The molecular weight excluding hydrogens is 324 g/mol. The predicted molar refractivity (Wildman–Crippen MR) is 105 cm³/mol. The summed E-state index contributed by atoms with van der Waals surface area (Å²) in [4.78, 5) is 16.2. The summed E-state index contributed by atoms with van der Waals surface area (Å²) >= 11 is 0. The van der Waals surface area contributed by atoms with Gasteiger partial charge in [0.2, 0.25) is 0 Å².